The van der Waals surface area contributed by atoms with Gasteiger partial charge < -0.3 is 10.1 Å². The Labute approximate surface area is 117 Å². The van der Waals surface area contributed by atoms with E-state index in [1.807, 2.05) is 0 Å². The summed E-state index contributed by atoms with van der Waals surface area (Å²) >= 11 is 8.82. The van der Waals surface area contributed by atoms with Crippen molar-refractivity contribution in [1.82, 2.24) is 0 Å². The zero-order chi connectivity index (χ0) is 13.8. The van der Waals surface area contributed by atoms with Gasteiger partial charge >= 0.3 is 6.18 Å². The Kier molecular flexibility index (Phi) is 5.75. The molecule has 0 radical (unpaired) electrons. The first kappa shape index (κ1) is 15.6. The topological polar surface area (TPSA) is 21.3 Å². The molecular weight excluding hydrogens is 334 g/mol. The van der Waals surface area contributed by atoms with E-state index in [2.05, 4.69) is 21.2 Å². The molecule has 0 spiro atoms. The van der Waals surface area contributed by atoms with E-state index in [0.29, 0.717) is 22.6 Å². The Morgan fingerprint density at radius 3 is 2.56 bits per heavy atom. The molecule has 102 valence electrons. The highest BCUT2D eigenvalue weighted by molar-refractivity contribution is 9.10. The van der Waals surface area contributed by atoms with Crippen molar-refractivity contribution in [3.05, 3.63) is 28.2 Å². The molecule has 1 N–H and O–H groups in total. The van der Waals surface area contributed by atoms with Gasteiger partial charge in [0.2, 0.25) is 0 Å². The summed E-state index contributed by atoms with van der Waals surface area (Å²) < 4.78 is 42.7. The van der Waals surface area contributed by atoms with E-state index >= 15 is 0 Å². The molecule has 18 heavy (non-hydrogen) atoms. The molecule has 0 saturated heterocycles. The highest BCUT2D eigenvalue weighted by atomic mass is 79.9. The minimum atomic E-state index is -4.35. The quantitative estimate of drug-likeness (QED) is 0.809. The normalized spacial score (nSPS) is 13.4. The van der Waals surface area contributed by atoms with Crippen molar-refractivity contribution in [2.45, 2.75) is 12.2 Å². The van der Waals surface area contributed by atoms with Crippen LogP contribution in [0.2, 0.25) is 0 Å². The number of nitrogens with one attached hydrogen (secondary N) is 1. The molecule has 7 heteroatoms. The van der Waals surface area contributed by atoms with Crippen molar-refractivity contribution in [1.29, 1.82) is 0 Å². The van der Waals surface area contributed by atoms with E-state index in [9.17, 15) is 13.2 Å². The monoisotopic (exact) mass is 345 g/mol. The van der Waals surface area contributed by atoms with E-state index in [4.69, 9.17) is 16.3 Å². The van der Waals surface area contributed by atoms with E-state index in [1.165, 1.54) is 13.2 Å². The van der Waals surface area contributed by atoms with Crippen LogP contribution in [0.15, 0.2) is 22.7 Å². The number of methoxy groups -OCH3 is 1. The molecule has 0 aromatic heterocycles. The zero-order valence-electron chi connectivity index (χ0n) is 9.52. The summed E-state index contributed by atoms with van der Waals surface area (Å²) in [6, 6.07) is 3.25. The van der Waals surface area contributed by atoms with Gasteiger partial charge in [-0.2, -0.15) is 13.2 Å². The van der Waals surface area contributed by atoms with Crippen LogP contribution in [-0.4, -0.2) is 25.6 Å². The van der Waals surface area contributed by atoms with E-state index in [-0.39, 0.29) is 6.04 Å². The predicted octanol–water partition coefficient (Wildman–Crippen LogP) is 4.13. The second kappa shape index (κ2) is 6.63. The molecule has 1 rings (SSSR count). The molecule has 1 aromatic rings. The van der Waals surface area contributed by atoms with Gasteiger partial charge in [-0.3, -0.25) is 0 Å². The molecule has 2 nitrogen and oxygen atoms in total. The fraction of sp³-hybridized carbons (Fsp3) is 0.455. The lowest BCUT2D eigenvalue weighted by molar-refractivity contribution is -0.137. The van der Waals surface area contributed by atoms with Gasteiger partial charge in [0.05, 0.1) is 18.2 Å². The minimum absolute atomic E-state index is 0.162. The van der Waals surface area contributed by atoms with Gasteiger partial charge in [-0.1, -0.05) is 0 Å². The lowest BCUT2D eigenvalue weighted by Crippen LogP contribution is -2.26. The Morgan fingerprint density at radius 2 is 2.11 bits per heavy atom. The van der Waals surface area contributed by atoms with Crippen LogP contribution in [-0.2, 0) is 10.9 Å². The molecular formula is C11H12BrClF3NO. The largest absolute Gasteiger partial charge is 0.416 e. The Balaban J connectivity index is 2.85. The summed E-state index contributed by atoms with van der Waals surface area (Å²) in [5.74, 6) is 0.293. The fourth-order valence-electron chi connectivity index (χ4n) is 1.35. The number of alkyl halides is 4. The van der Waals surface area contributed by atoms with Crippen LogP contribution in [0.1, 0.15) is 5.56 Å². The van der Waals surface area contributed by atoms with Crippen molar-refractivity contribution in [3.63, 3.8) is 0 Å². The van der Waals surface area contributed by atoms with Gasteiger partial charge in [0.15, 0.2) is 0 Å². The molecule has 0 saturated carbocycles. The number of halogens is 5. The van der Waals surface area contributed by atoms with Gasteiger partial charge in [0.25, 0.3) is 0 Å². The summed E-state index contributed by atoms with van der Waals surface area (Å²) in [7, 11) is 1.53. The predicted molar refractivity (Wildman–Crippen MR) is 69.2 cm³/mol. The van der Waals surface area contributed by atoms with Crippen LogP contribution in [0, 0.1) is 0 Å². The maximum Gasteiger partial charge on any atom is 0.416 e. The summed E-state index contributed by atoms with van der Waals surface area (Å²) in [6.45, 7) is 0.372. The third-order valence-electron chi connectivity index (χ3n) is 2.21. The fourth-order valence-corrected chi connectivity index (χ4v) is 2.01. The zero-order valence-corrected chi connectivity index (χ0v) is 11.9. The Bertz CT molecular complexity index is 400. The molecule has 0 bridgehead atoms. The maximum absolute atomic E-state index is 12.5. The Hall–Kier alpha value is -0.460. The van der Waals surface area contributed by atoms with Crippen LogP contribution in [0.5, 0.6) is 0 Å². The van der Waals surface area contributed by atoms with Crippen LogP contribution < -0.4 is 5.32 Å². The number of anilines is 1. The first-order valence-corrected chi connectivity index (χ1v) is 6.39. The van der Waals surface area contributed by atoms with Gasteiger partial charge in [-0.05, 0) is 34.1 Å². The van der Waals surface area contributed by atoms with E-state index in [0.717, 1.165) is 12.1 Å². The molecule has 0 aliphatic carbocycles. The van der Waals surface area contributed by atoms with E-state index < -0.39 is 11.7 Å². The second-order valence-corrected chi connectivity index (χ2v) is 4.81. The average Bonchev–Trinajstić information content (AvgIpc) is 2.29. The highest BCUT2D eigenvalue weighted by Crippen LogP contribution is 2.34. The van der Waals surface area contributed by atoms with Crippen LogP contribution >= 0.6 is 27.5 Å². The summed E-state index contributed by atoms with van der Waals surface area (Å²) in [4.78, 5) is 0. The SMILES string of the molecule is COCC(CCl)Nc1ccc(C(F)(F)F)cc1Br. The number of hydrogen-bond acceptors (Lipinski definition) is 2. The number of benzene rings is 1. The molecule has 1 atom stereocenters. The van der Waals surface area contributed by atoms with Crippen molar-refractivity contribution >= 4 is 33.2 Å². The van der Waals surface area contributed by atoms with Gasteiger partial charge in [-0.25, -0.2) is 0 Å². The molecule has 0 heterocycles. The van der Waals surface area contributed by atoms with Gasteiger partial charge in [0.1, 0.15) is 0 Å². The van der Waals surface area contributed by atoms with Crippen molar-refractivity contribution in [2.75, 3.05) is 24.9 Å². The van der Waals surface area contributed by atoms with Crippen molar-refractivity contribution < 1.29 is 17.9 Å². The lowest BCUT2D eigenvalue weighted by atomic mass is 10.2. The molecule has 0 fully saturated rings. The highest BCUT2D eigenvalue weighted by Gasteiger charge is 2.30. The Morgan fingerprint density at radius 1 is 1.44 bits per heavy atom. The van der Waals surface area contributed by atoms with Crippen molar-refractivity contribution in [2.24, 2.45) is 0 Å². The summed E-state index contributed by atoms with van der Waals surface area (Å²) in [5.41, 5.74) is -0.153. The third-order valence-corrected chi connectivity index (χ3v) is 3.24. The van der Waals surface area contributed by atoms with Crippen LogP contribution in [0.25, 0.3) is 0 Å². The molecule has 1 unspecified atom stereocenters. The first-order chi connectivity index (χ1) is 8.38. The molecule has 0 amide bonds. The van der Waals surface area contributed by atoms with Gasteiger partial charge in [-0.15, -0.1) is 11.6 Å². The number of rotatable bonds is 5. The summed E-state index contributed by atoms with van der Waals surface area (Å²) in [6.07, 6.45) is -4.35. The average molecular weight is 347 g/mol. The van der Waals surface area contributed by atoms with Crippen LogP contribution in [0.4, 0.5) is 18.9 Å². The van der Waals surface area contributed by atoms with E-state index in [1.54, 1.807) is 0 Å². The molecule has 0 aliphatic heterocycles. The number of ether oxygens (including phenoxy) is 1. The molecule has 0 aliphatic rings. The third kappa shape index (κ3) is 4.33. The molecule has 1 aromatic carbocycles. The van der Waals surface area contributed by atoms with Crippen LogP contribution in [0.3, 0.4) is 0 Å². The minimum Gasteiger partial charge on any atom is -0.383 e. The van der Waals surface area contributed by atoms with Crippen molar-refractivity contribution in [3.8, 4) is 0 Å². The maximum atomic E-state index is 12.5. The summed E-state index contributed by atoms with van der Waals surface area (Å²) in [5, 5.41) is 3.01. The van der Waals surface area contributed by atoms with Gasteiger partial charge in [0, 0.05) is 23.1 Å². The standard InChI is InChI=1S/C11H12BrClF3NO/c1-18-6-8(5-13)17-10-3-2-7(4-9(10)12)11(14,15)16/h2-4,8,17H,5-6H2,1H3. The smallest absolute Gasteiger partial charge is 0.383 e. The lowest BCUT2D eigenvalue weighted by Gasteiger charge is -2.18. The number of hydrogen-bond donors (Lipinski definition) is 1. The first-order valence-electron chi connectivity index (χ1n) is 5.06. The second-order valence-electron chi connectivity index (χ2n) is 3.64.